The molecule has 1 heterocycles. The molecule has 1 aliphatic rings. The number of nitro groups is 1. The van der Waals surface area contributed by atoms with Crippen LogP contribution in [-0.4, -0.2) is 15.9 Å². The zero-order chi connectivity index (χ0) is 16.2. The largest absolute Gasteiger partial charge is 0.444 e. The standard InChI is InChI=1S/C17H21N3O3/c1-12-4-2-3-5-16(12)18-10-14-11-23-17(19-14)13-6-8-15(9-7-13)20(21)22/h6-9,11-12,16,18H,2-5,10H2,1H3/t12-,16-/m0/s1. The Hall–Kier alpha value is -2.21. The number of aromatic nitrogens is 1. The van der Waals surface area contributed by atoms with E-state index in [0.29, 0.717) is 24.4 Å². The maximum atomic E-state index is 10.7. The first-order valence-corrected chi connectivity index (χ1v) is 8.06. The molecule has 0 aliphatic heterocycles. The highest BCUT2D eigenvalue weighted by molar-refractivity contribution is 5.55. The molecule has 1 N–H and O–H groups in total. The van der Waals surface area contributed by atoms with Crippen LogP contribution in [0.25, 0.3) is 11.5 Å². The SMILES string of the molecule is C[C@H]1CCCC[C@@H]1NCc1coc(-c2ccc([N+](=O)[O-])cc2)n1. The predicted octanol–water partition coefficient (Wildman–Crippen LogP) is 3.92. The van der Waals surface area contributed by atoms with Gasteiger partial charge in [-0.2, -0.15) is 0 Å². The number of hydrogen-bond acceptors (Lipinski definition) is 5. The van der Waals surface area contributed by atoms with Gasteiger partial charge >= 0.3 is 0 Å². The molecule has 1 aromatic carbocycles. The summed E-state index contributed by atoms with van der Waals surface area (Å²) >= 11 is 0. The van der Waals surface area contributed by atoms with Crippen LogP contribution >= 0.6 is 0 Å². The summed E-state index contributed by atoms with van der Waals surface area (Å²) in [5.41, 5.74) is 1.66. The van der Waals surface area contributed by atoms with E-state index in [9.17, 15) is 10.1 Å². The lowest BCUT2D eigenvalue weighted by Gasteiger charge is -2.29. The molecule has 3 rings (SSSR count). The van der Waals surface area contributed by atoms with Gasteiger partial charge in [-0.25, -0.2) is 4.98 Å². The van der Waals surface area contributed by atoms with Gasteiger partial charge in [0.2, 0.25) is 5.89 Å². The van der Waals surface area contributed by atoms with Gasteiger partial charge in [0, 0.05) is 30.3 Å². The fraction of sp³-hybridized carbons (Fsp3) is 0.471. The summed E-state index contributed by atoms with van der Waals surface area (Å²) in [7, 11) is 0. The van der Waals surface area contributed by atoms with Gasteiger partial charge in [-0.05, 0) is 30.9 Å². The van der Waals surface area contributed by atoms with Crippen LogP contribution in [-0.2, 0) is 6.54 Å². The number of benzene rings is 1. The minimum Gasteiger partial charge on any atom is -0.444 e. The Morgan fingerprint density at radius 3 is 2.74 bits per heavy atom. The Morgan fingerprint density at radius 2 is 2.04 bits per heavy atom. The van der Waals surface area contributed by atoms with Crippen molar-refractivity contribution in [3.63, 3.8) is 0 Å². The maximum absolute atomic E-state index is 10.7. The van der Waals surface area contributed by atoms with E-state index in [1.54, 1.807) is 18.4 Å². The molecule has 0 radical (unpaired) electrons. The molecule has 0 spiro atoms. The average molecular weight is 315 g/mol. The molecule has 1 aromatic heterocycles. The lowest BCUT2D eigenvalue weighted by molar-refractivity contribution is -0.384. The summed E-state index contributed by atoms with van der Waals surface area (Å²) in [6, 6.07) is 6.78. The second-order valence-electron chi connectivity index (χ2n) is 6.20. The van der Waals surface area contributed by atoms with E-state index in [2.05, 4.69) is 17.2 Å². The monoisotopic (exact) mass is 315 g/mol. The van der Waals surface area contributed by atoms with Crippen molar-refractivity contribution in [2.75, 3.05) is 0 Å². The molecule has 1 aliphatic carbocycles. The minimum absolute atomic E-state index is 0.0634. The van der Waals surface area contributed by atoms with Gasteiger partial charge in [-0.3, -0.25) is 10.1 Å². The average Bonchev–Trinajstić information content (AvgIpc) is 3.03. The molecule has 6 heteroatoms. The highest BCUT2D eigenvalue weighted by atomic mass is 16.6. The van der Waals surface area contributed by atoms with E-state index in [0.717, 1.165) is 11.3 Å². The fourth-order valence-electron chi connectivity index (χ4n) is 3.10. The third-order valence-corrected chi connectivity index (χ3v) is 4.53. The lowest BCUT2D eigenvalue weighted by Crippen LogP contribution is -2.36. The molecule has 6 nitrogen and oxygen atoms in total. The van der Waals surface area contributed by atoms with Crippen molar-refractivity contribution in [2.45, 2.75) is 45.2 Å². The number of nitrogens with zero attached hydrogens (tertiary/aromatic N) is 2. The molecular weight excluding hydrogens is 294 g/mol. The summed E-state index contributed by atoms with van der Waals surface area (Å²) in [4.78, 5) is 14.7. The first-order chi connectivity index (χ1) is 11.1. The van der Waals surface area contributed by atoms with E-state index < -0.39 is 4.92 Å². The number of nitrogens with one attached hydrogen (secondary N) is 1. The van der Waals surface area contributed by atoms with E-state index in [-0.39, 0.29) is 5.69 Å². The third-order valence-electron chi connectivity index (χ3n) is 4.53. The Bertz CT molecular complexity index is 666. The number of non-ortho nitro benzene ring substituents is 1. The normalized spacial score (nSPS) is 21.3. The summed E-state index contributed by atoms with van der Waals surface area (Å²) in [6.45, 7) is 2.98. The minimum atomic E-state index is -0.417. The summed E-state index contributed by atoms with van der Waals surface area (Å²) in [5, 5.41) is 14.2. The van der Waals surface area contributed by atoms with Crippen LogP contribution in [0, 0.1) is 16.0 Å². The van der Waals surface area contributed by atoms with Gasteiger partial charge in [0.05, 0.1) is 10.6 Å². The highest BCUT2D eigenvalue weighted by Gasteiger charge is 2.21. The third kappa shape index (κ3) is 3.76. The molecule has 0 bridgehead atoms. The van der Waals surface area contributed by atoms with Gasteiger partial charge in [-0.1, -0.05) is 19.8 Å². The van der Waals surface area contributed by atoms with Gasteiger partial charge in [0.25, 0.3) is 5.69 Å². The lowest BCUT2D eigenvalue weighted by atomic mass is 9.86. The quantitative estimate of drug-likeness (QED) is 0.668. The molecule has 122 valence electrons. The van der Waals surface area contributed by atoms with Crippen molar-refractivity contribution >= 4 is 5.69 Å². The summed E-state index contributed by atoms with van der Waals surface area (Å²) in [6.07, 6.45) is 6.76. The second kappa shape index (κ2) is 6.91. The molecule has 2 atom stereocenters. The van der Waals surface area contributed by atoms with Crippen LogP contribution in [0.2, 0.25) is 0 Å². The van der Waals surface area contributed by atoms with Crippen LogP contribution in [0.4, 0.5) is 5.69 Å². The van der Waals surface area contributed by atoms with Crippen LogP contribution in [0.1, 0.15) is 38.3 Å². The van der Waals surface area contributed by atoms with Crippen LogP contribution in [0.15, 0.2) is 34.9 Å². The number of hydrogen-bond donors (Lipinski definition) is 1. The Kier molecular flexibility index (Phi) is 4.71. The zero-order valence-corrected chi connectivity index (χ0v) is 13.2. The van der Waals surface area contributed by atoms with Crippen molar-refractivity contribution in [1.82, 2.24) is 10.3 Å². The predicted molar refractivity (Wildman–Crippen MR) is 86.9 cm³/mol. The Morgan fingerprint density at radius 1 is 1.30 bits per heavy atom. The van der Waals surface area contributed by atoms with Crippen molar-refractivity contribution in [3.05, 3.63) is 46.3 Å². The maximum Gasteiger partial charge on any atom is 0.269 e. The molecule has 0 saturated heterocycles. The van der Waals surface area contributed by atoms with E-state index in [1.165, 1.54) is 37.8 Å². The fourth-order valence-corrected chi connectivity index (χ4v) is 3.10. The molecule has 0 amide bonds. The van der Waals surface area contributed by atoms with Crippen molar-refractivity contribution in [3.8, 4) is 11.5 Å². The van der Waals surface area contributed by atoms with Crippen LogP contribution in [0.5, 0.6) is 0 Å². The summed E-state index contributed by atoms with van der Waals surface area (Å²) < 4.78 is 5.50. The smallest absolute Gasteiger partial charge is 0.269 e. The number of rotatable bonds is 5. The molecule has 0 unspecified atom stereocenters. The van der Waals surface area contributed by atoms with Gasteiger partial charge < -0.3 is 9.73 Å². The second-order valence-corrected chi connectivity index (χ2v) is 6.20. The van der Waals surface area contributed by atoms with Gasteiger partial charge in [0.1, 0.15) is 6.26 Å². The molecule has 1 saturated carbocycles. The van der Waals surface area contributed by atoms with Crippen molar-refractivity contribution in [1.29, 1.82) is 0 Å². The summed E-state index contributed by atoms with van der Waals surface area (Å²) in [5.74, 6) is 1.19. The number of oxazole rings is 1. The highest BCUT2D eigenvalue weighted by Crippen LogP contribution is 2.25. The van der Waals surface area contributed by atoms with E-state index in [1.807, 2.05) is 0 Å². The van der Waals surface area contributed by atoms with Crippen LogP contribution < -0.4 is 5.32 Å². The zero-order valence-electron chi connectivity index (χ0n) is 13.2. The number of nitro benzene ring substituents is 1. The first-order valence-electron chi connectivity index (χ1n) is 8.06. The molecular formula is C17H21N3O3. The van der Waals surface area contributed by atoms with E-state index >= 15 is 0 Å². The van der Waals surface area contributed by atoms with Gasteiger partial charge in [-0.15, -0.1) is 0 Å². The van der Waals surface area contributed by atoms with Gasteiger partial charge in [0.15, 0.2) is 0 Å². The van der Waals surface area contributed by atoms with Crippen molar-refractivity contribution < 1.29 is 9.34 Å². The molecule has 1 fully saturated rings. The van der Waals surface area contributed by atoms with Crippen LogP contribution in [0.3, 0.4) is 0 Å². The topological polar surface area (TPSA) is 81.2 Å². The molecule has 23 heavy (non-hydrogen) atoms. The Labute approximate surface area is 135 Å². The van der Waals surface area contributed by atoms with E-state index in [4.69, 9.17) is 4.42 Å². The van der Waals surface area contributed by atoms with Crippen molar-refractivity contribution in [2.24, 2.45) is 5.92 Å². The Balaban J connectivity index is 1.62. The molecule has 2 aromatic rings. The first kappa shape index (κ1) is 15.7.